The predicted molar refractivity (Wildman–Crippen MR) is 260 cm³/mol. The SMILES string of the molecule is O=C1CCC(N2C(=O)c3cccc(OCCOCCOCCOCc4cn(Cc5ccc(S(=O)(=O)N[C@@H](Cc6c[nH]c7ccccc67)C(=O)Nc6ccc(N7CCOCC7)cc6)cc5)nn4)c3C2=O)C(=O)N1. The van der Waals surface area contributed by atoms with Crippen molar-refractivity contribution in [2.24, 2.45) is 0 Å². The van der Waals surface area contributed by atoms with Crippen LogP contribution < -0.4 is 25.0 Å². The van der Waals surface area contributed by atoms with Crippen molar-refractivity contribution < 1.29 is 56.1 Å². The standard InChI is InChI=1S/C50H53N9O12S/c60-45-17-16-43(48(62)53-45)59-49(63)40-5-3-7-44(46(40)50(59)64)71-27-26-69-23-22-68-24-25-70-32-36-31-58(56-54-36)30-33-8-14-38(15-9-33)72(65,66)55-42(28-34-29-51-41-6-2-1-4-39(34)41)47(61)52-35-10-12-37(13-11-35)57-18-20-67-21-19-57/h1-15,29,31,42-43,51,55H,16-28,30,32H2,(H,52,61)(H,53,60,62)/t42-,43?/m0/s1. The number of ether oxygens (including phenoxy) is 5. The number of sulfonamides is 1. The largest absolute Gasteiger partial charge is 0.490 e. The second-order valence-corrected chi connectivity index (χ2v) is 18.9. The zero-order valence-corrected chi connectivity index (χ0v) is 39.9. The summed E-state index contributed by atoms with van der Waals surface area (Å²) in [7, 11) is -4.15. The van der Waals surface area contributed by atoms with E-state index in [0.717, 1.165) is 45.7 Å². The van der Waals surface area contributed by atoms with E-state index in [1.54, 1.807) is 41.3 Å². The van der Waals surface area contributed by atoms with Gasteiger partial charge in [0.1, 0.15) is 30.1 Å². The number of aromatic amines is 1. The Hall–Kier alpha value is -7.34. The molecule has 0 aliphatic carbocycles. The molecule has 72 heavy (non-hydrogen) atoms. The van der Waals surface area contributed by atoms with Crippen LogP contribution in [0.15, 0.2) is 108 Å². The molecule has 0 saturated carbocycles. The van der Waals surface area contributed by atoms with Gasteiger partial charge in [0.05, 0.1) is 81.6 Å². The van der Waals surface area contributed by atoms with E-state index in [4.69, 9.17) is 23.7 Å². The van der Waals surface area contributed by atoms with Gasteiger partial charge in [-0.2, -0.15) is 4.72 Å². The third-order valence-corrected chi connectivity index (χ3v) is 13.8. The Bertz CT molecular complexity index is 3030. The Morgan fingerprint density at radius 1 is 0.833 bits per heavy atom. The van der Waals surface area contributed by atoms with Crippen molar-refractivity contribution in [2.75, 3.05) is 76.2 Å². The molecule has 0 radical (unpaired) electrons. The number of H-pyrrole nitrogens is 1. The summed E-state index contributed by atoms with van der Waals surface area (Å²) >= 11 is 0. The average molecular weight is 1000 g/mol. The first-order chi connectivity index (χ1) is 35.0. The number of aromatic nitrogens is 4. The van der Waals surface area contributed by atoms with Crippen LogP contribution in [0.5, 0.6) is 5.75 Å². The highest BCUT2D eigenvalue weighted by atomic mass is 32.2. The summed E-state index contributed by atoms with van der Waals surface area (Å²) in [5, 5.41) is 14.3. The molecule has 4 aromatic carbocycles. The van der Waals surface area contributed by atoms with Gasteiger partial charge < -0.3 is 38.9 Å². The number of carbonyl (C=O) groups excluding carboxylic acids is 5. The number of hydrogen-bond donors (Lipinski definition) is 4. The number of hydrogen-bond acceptors (Lipinski definition) is 15. The lowest BCUT2D eigenvalue weighted by atomic mass is 10.0. The highest BCUT2D eigenvalue weighted by Crippen LogP contribution is 2.34. The molecule has 0 spiro atoms. The number of carbonyl (C=O) groups is 5. The van der Waals surface area contributed by atoms with Crippen LogP contribution in [0.2, 0.25) is 0 Å². The van der Waals surface area contributed by atoms with Crippen molar-refractivity contribution in [1.82, 2.24) is 34.9 Å². The van der Waals surface area contributed by atoms with E-state index in [1.807, 2.05) is 48.5 Å². The van der Waals surface area contributed by atoms with E-state index in [-0.39, 0.29) is 80.7 Å². The van der Waals surface area contributed by atoms with Gasteiger partial charge >= 0.3 is 0 Å². The molecule has 2 aromatic heterocycles. The molecule has 3 aliphatic heterocycles. The van der Waals surface area contributed by atoms with Gasteiger partial charge in [-0.05, 0) is 78.6 Å². The molecule has 21 nitrogen and oxygen atoms in total. The van der Waals surface area contributed by atoms with E-state index >= 15 is 0 Å². The topological polar surface area (TPSA) is 255 Å². The van der Waals surface area contributed by atoms with E-state index in [2.05, 4.69) is 35.6 Å². The van der Waals surface area contributed by atoms with E-state index in [9.17, 15) is 32.4 Å². The molecule has 5 heterocycles. The van der Waals surface area contributed by atoms with Gasteiger partial charge in [-0.15, -0.1) is 5.10 Å². The van der Waals surface area contributed by atoms with Crippen LogP contribution in [-0.2, 0) is 62.9 Å². The second kappa shape index (κ2) is 22.8. The summed E-state index contributed by atoms with van der Waals surface area (Å²) in [4.78, 5) is 70.4. The maximum Gasteiger partial charge on any atom is 0.266 e. The zero-order chi connectivity index (χ0) is 50.0. The van der Waals surface area contributed by atoms with Crippen LogP contribution in [0.1, 0.15) is 50.4 Å². The fraction of sp³-hybridized carbons (Fsp3) is 0.340. The lowest BCUT2D eigenvalue weighted by Crippen LogP contribution is -2.54. The number of benzene rings is 4. The molecule has 2 atom stereocenters. The number of amides is 5. The van der Waals surface area contributed by atoms with Gasteiger partial charge in [0.2, 0.25) is 27.7 Å². The van der Waals surface area contributed by atoms with Gasteiger partial charge in [-0.25, -0.2) is 13.1 Å². The smallest absolute Gasteiger partial charge is 0.266 e. The fourth-order valence-corrected chi connectivity index (χ4v) is 9.84. The van der Waals surface area contributed by atoms with Crippen LogP contribution in [0.25, 0.3) is 10.9 Å². The van der Waals surface area contributed by atoms with Gasteiger partial charge in [-0.1, -0.05) is 41.6 Å². The third kappa shape index (κ3) is 11.9. The van der Waals surface area contributed by atoms with Crippen LogP contribution >= 0.6 is 0 Å². The van der Waals surface area contributed by atoms with Crippen LogP contribution in [0.4, 0.5) is 11.4 Å². The van der Waals surface area contributed by atoms with Crippen molar-refractivity contribution in [3.63, 3.8) is 0 Å². The summed E-state index contributed by atoms with van der Waals surface area (Å²) in [6.07, 6.45) is 3.72. The molecule has 2 saturated heterocycles. The lowest BCUT2D eigenvalue weighted by Gasteiger charge is -2.29. The highest BCUT2D eigenvalue weighted by Gasteiger charge is 2.46. The van der Waals surface area contributed by atoms with E-state index in [1.165, 1.54) is 18.2 Å². The Morgan fingerprint density at radius 2 is 1.57 bits per heavy atom. The normalized spacial score (nSPS) is 16.5. The summed E-state index contributed by atoms with van der Waals surface area (Å²) in [5.41, 5.74) is 4.79. The van der Waals surface area contributed by atoms with Gasteiger partial charge in [0.15, 0.2) is 0 Å². The quantitative estimate of drug-likeness (QED) is 0.0531. The molecule has 6 aromatic rings. The van der Waals surface area contributed by atoms with Gasteiger partial charge in [-0.3, -0.25) is 34.2 Å². The number of nitrogens with one attached hydrogen (secondary N) is 4. The van der Waals surface area contributed by atoms with E-state index in [0.29, 0.717) is 37.7 Å². The van der Waals surface area contributed by atoms with Crippen LogP contribution in [0.3, 0.4) is 0 Å². The minimum Gasteiger partial charge on any atom is -0.490 e. The predicted octanol–water partition coefficient (Wildman–Crippen LogP) is 3.20. The number of para-hydroxylation sites is 1. The number of piperidine rings is 1. The maximum atomic E-state index is 13.9. The van der Waals surface area contributed by atoms with Gasteiger partial charge in [0.25, 0.3) is 11.8 Å². The number of nitrogens with zero attached hydrogens (tertiary/aromatic N) is 5. The minimum atomic E-state index is -4.15. The molecule has 0 bridgehead atoms. The molecule has 9 rings (SSSR count). The maximum absolute atomic E-state index is 13.9. The molecular formula is C50H53N9O12S. The molecule has 4 N–H and O–H groups in total. The summed E-state index contributed by atoms with van der Waals surface area (Å²) in [6.45, 7) is 4.77. The van der Waals surface area contributed by atoms with Crippen LogP contribution in [-0.4, -0.2) is 141 Å². The molecule has 22 heteroatoms. The second-order valence-electron chi connectivity index (χ2n) is 17.2. The molecular weight excluding hydrogens is 951 g/mol. The molecule has 3 aliphatic rings. The summed E-state index contributed by atoms with van der Waals surface area (Å²) in [5.74, 6) is -2.69. The van der Waals surface area contributed by atoms with Gasteiger partial charge in [0, 0.05) is 48.0 Å². The summed E-state index contributed by atoms with van der Waals surface area (Å²) < 4.78 is 60.1. The summed E-state index contributed by atoms with van der Waals surface area (Å²) in [6, 6.07) is 23.9. The third-order valence-electron chi connectivity index (χ3n) is 12.3. The number of rotatable bonds is 23. The molecule has 376 valence electrons. The Labute approximate surface area is 414 Å². The van der Waals surface area contributed by atoms with Crippen molar-refractivity contribution >= 4 is 61.8 Å². The number of anilines is 2. The van der Waals surface area contributed by atoms with Crippen molar-refractivity contribution in [3.05, 3.63) is 131 Å². The Kier molecular flexibility index (Phi) is 15.7. The number of fused-ring (bicyclic) bond motifs is 2. The van der Waals surface area contributed by atoms with Crippen molar-refractivity contribution in [1.29, 1.82) is 0 Å². The molecule has 2 fully saturated rings. The first-order valence-electron chi connectivity index (χ1n) is 23.5. The monoisotopic (exact) mass is 1000 g/mol. The number of morpholine rings is 1. The Balaban J connectivity index is 0.689. The first kappa shape index (κ1) is 49.6. The van der Waals surface area contributed by atoms with Crippen molar-refractivity contribution in [3.8, 4) is 5.75 Å². The fourth-order valence-electron chi connectivity index (χ4n) is 8.64. The minimum absolute atomic E-state index is 0.000322. The average Bonchev–Trinajstić information content (AvgIpc) is 4.09. The Morgan fingerprint density at radius 3 is 2.33 bits per heavy atom. The van der Waals surface area contributed by atoms with Crippen LogP contribution in [0, 0.1) is 0 Å². The molecule has 5 amide bonds. The lowest BCUT2D eigenvalue weighted by molar-refractivity contribution is -0.136. The zero-order valence-electron chi connectivity index (χ0n) is 39.1. The van der Waals surface area contributed by atoms with Crippen molar-refractivity contribution in [2.45, 2.75) is 49.4 Å². The first-order valence-corrected chi connectivity index (χ1v) is 25.0. The number of imide groups is 2. The molecule has 1 unspecified atom stereocenters. The van der Waals surface area contributed by atoms with E-state index < -0.39 is 51.6 Å². The highest BCUT2D eigenvalue weighted by molar-refractivity contribution is 7.89.